The van der Waals surface area contributed by atoms with E-state index in [-0.39, 0.29) is 5.56 Å². The molecule has 0 aliphatic rings. The quantitative estimate of drug-likeness (QED) is 0.771. The van der Waals surface area contributed by atoms with Gasteiger partial charge in [0.15, 0.2) is 0 Å². The summed E-state index contributed by atoms with van der Waals surface area (Å²) in [4.78, 5) is 11.4. The van der Waals surface area contributed by atoms with Crippen molar-refractivity contribution in [3.05, 3.63) is 34.7 Å². The van der Waals surface area contributed by atoms with E-state index in [1.165, 1.54) is 0 Å². The minimum Gasteiger partial charge on any atom is -0.316 e. The summed E-state index contributed by atoms with van der Waals surface area (Å²) in [6.45, 7) is 6.11. The molecule has 0 saturated carbocycles. The normalized spacial score (nSPS) is 12.7. The molecule has 0 radical (unpaired) electrons. The molecule has 0 bridgehead atoms. The number of aryl methyl sites for hydroxylation is 1. The van der Waals surface area contributed by atoms with E-state index in [0.717, 1.165) is 25.9 Å². The lowest BCUT2D eigenvalue weighted by molar-refractivity contribution is 0.482. The number of rotatable bonds is 6. The van der Waals surface area contributed by atoms with Gasteiger partial charge >= 0.3 is 0 Å². The van der Waals surface area contributed by atoms with Crippen LogP contribution in [0, 0.1) is 0 Å². The van der Waals surface area contributed by atoms with Crippen LogP contribution in [0.4, 0.5) is 0 Å². The van der Waals surface area contributed by atoms with Crippen molar-refractivity contribution in [2.75, 3.05) is 6.54 Å². The lowest BCUT2D eigenvalue weighted by Gasteiger charge is -2.12. The third-order valence-corrected chi connectivity index (χ3v) is 2.49. The fourth-order valence-electron chi connectivity index (χ4n) is 1.66. The van der Waals surface area contributed by atoms with Gasteiger partial charge in [0, 0.05) is 24.8 Å². The molecule has 15 heavy (non-hydrogen) atoms. The zero-order valence-corrected chi connectivity index (χ0v) is 9.57. The Labute approximate surface area is 91.1 Å². The molecule has 0 aliphatic carbocycles. The SMILES string of the molecule is CCNC(C)CCCn1ccccc1=O. The second-order valence-electron chi connectivity index (χ2n) is 3.83. The van der Waals surface area contributed by atoms with Gasteiger partial charge in [0.2, 0.25) is 5.56 Å². The summed E-state index contributed by atoms with van der Waals surface area (Å²) >= 11 is 0. The predicted octanol–water partition coefficient (Wildman–Crippen LogP) is 1.63. The molecule has 1 N–H and O–H groups in total. The highest BCUT2D eigenvalue weighted by Gasteiger charge is 1.99. The minimum atomic E-state index is 0.0913. The van der Waals surface area contributed by atoms with E-state index in [9.17, 15) is 4.79 Å². The molecular weight excluding hydrogens is 188 g/mol. The molecule has 0 spiro atoms. The van der Waals surface area contributed by atoms with Gasteiger partial charge in [-0.2, -0.15) is 0 Å². The van der Waals surface area contributed by atoms with Gasteiger partial charge < -0.3 is 9.88 Å². The standard InChI is InChI=1S/C12H20N2O/c1-3-13-11(2)7-6-10-14-9-5-4-8-12(14)15/h4-5,8-9,11,13H,3,6-7,10H2,1-2H3. The molecule has 1 aromatic rings. The van der Waals surface area contributed by atoms with Crippen molar-refractivity contribution in [2.24, 2.45) is 0 Å². The van der Waals surface area contributed by atoms with Gasteiger partial charge in [-0.3, -0.25) is 4.79 Å². The maximum absolute atomic E-state index is 11.4. The highest BCUT2D eigenvalue weighted by atomic mass is 16.1. The number of nitrogens with zero attached hydrogens (tertiary/aromatic N) is 1. The van der Waals surface area contributed by atoms with Gasteiger partial charge in [0.05, 0.1) is 0 Å². The van der Waals surface area contributed by atoms with Gasteiger partial charge in [0.25, 0.3) is 0 Å². The average Bonchev–Trinajstić information content (AvgIpc) is 2.21. The largest absolute Gasteiger partial charge is 0.316 e. The first-order chi connectivity index (χ1) is 7.24. The van der Waals surface area contributed by atoms with Gasteiger partial charge in [0.1, 0.15) is 0 Å². The summed E-state index contributed by atoms with van der Waals surface area (Å²) in [5.74, 6) is 0. The maximum atomic E-state index is 11.4. The van der Waals surface area contributed by atoms with E-state index in [1.807, 2.05) is 12.3 Å². The van der Waals surface area contributed by atoms with Crippen molar-refractivity contribution >= 4 is 0 Å². The van der Waals surface area contributed by atoms with Crippen LogP contribution in [0.25, 0.3) is 0 Å². The zero-order chi connectivity index (χ0) is 11.1. The Morgan fingerprint density at radius 1 is 1.47 bits per heavy atom. The van der Waals surface area contributed by atoms with E-state index >= 15 is 0 Å². The van der Waals surface area contributed by atoms with Crippen molar-refractivity contribution < 1.29 is 0 Å². The van der Waals surface area contributed by atoms with Gasteiger partial charge in [-0.1, -0.05) is 13.0 Å². The Hall–Kier alpha value is -1.09. The molecule has 1 unspecified atom stereocenters. The third kappa shape index (κ3) is 4.30. The van der Waals surface area contributed by atoms with Crippen LogP contribution in [0.2, 0.25) is 0 Å². The van der Waals surface area contributed by atoms with Crippen LogP contribution in [0.15, 0.2) is 29.2 Å². The Morgan fingerprint density at radius 2 is 2.27 bits per heavy atom. The Balaban J connectivity index is 2.32. The van der Waals surface area contributed by atoms with Crippen LogP contribution < -0.4 is 10.9 Å². The lowest BCUT2D eigenvalue weighted by atomic mass is 10.2. The van der Waals surface area contributed by atoms with E-state index in [1.54, 1.807) is 16.7 Å². The lowest BCUT2D eigenvalue weighted by Crippen LogP contribution is -2.26. The third-order valence-electron chi connectivity index (χ3n) is 2.49. The average molecular weight is 208 g/mol. The predicted molar refractivity (Wildman–Crippen MR) is 63.1 cm³/mol. The number of pyridine rings is 1. The summed E-state index contributed by atoms with van der Waals surface area (Å²) in [5, 5.41) is 3.36. The monoisotopic (exact) mass is 208 g/mol. The van der Waals surface area contributed by atoms with Crippen molar-refractivity contribution in [3.63, 3.8) is 0 Å². The fraction of sp³-hybridized carbons (Fsp3) is 0.583. The summed E-state index contributed by atoms with van der Waals surface area (Å²) < 4.78 is 1.76. The van der Waals surface area contributed by atoms with Gasteiger partial charge in [-0.15, -0.1) is 0 Å². The zero-order valence-electron chi connectivity index (χ0n) is 9.57. The summed E-state index contributed by atoms with van der Waals surface area (Å²) in [5.41, 5.74) is 0.0913. The summed E-state index contributed by atoms with van der Waals surface area (Å²) in [6, 6.07) is 5.82. The molecule has 0 aromatic carbocycles. The highest BCUT2D eigenvalue weighted by molar-refractivity contribution is 4.92. The molecule has 0 aliphatic heterocycles. The molecular formula is C12H20N2O. The van der Waals surface area contributed by atoms with Crippen LogP contribution in [0.5, 0.6) is 0 Å². The van der Waals surface area contributed by atoms with E-state index in [0.29, 0.717) is 6.04 Å². The molecule has 84 valence electrons. The molecule has 0 amide bonds. The van der Waals surface area contributed by atoms with Gasteiger partial charge in [-0.25, -0.2) is 0 Å². The Morgan fingerprint density at radius 3 is 2.93 bits per heavy atom. The number of nitrogens with one attached hydrogen (secondary N) is 1. The summed E-state index contributed by atoms with van der Waals surface area (Å²) in [7, 11) is 0. The highest BCUT2D eigenvalue weighted by Crippen LogP contribution is 1.98. The molecule has 3 nitrogen and oxygen atoms in total. The first-order valence-electron chi connectivity index (χ1n) is 5.63. The maximum Gasteiger partial charge on any atom is 0.250 e. The van der Waals surface area contributed by atoms with Crippen LogP contribution in [0.1, 0.15) is 26.7 Å². The van der Waals surface area contributed by atoms with Crippen molar-refractivity contribution in [1.29, 1.82) is 0 Å². The fourth-order valence-corrected chi connectivity index (χ4v) is 1.66. The Kier molecular flexibility index (Phi) is 5.12. The number of aromatic nitrogens is 1. The molecule has 1 rings (SSSR count). The first-order valence-corrected chi connectivity index (χ1v) is 5.63. The van der Waals surface area contributed by atoms with Crippen molar-refractivity contribution in [1.82, 2.24) is 9.88 Å². The molecule has 1 heterocycles. The van der Waals surface area contributed by atoms with E-state index in [2.05, 4.69) is 19.2 Å². The smallest absolute Gasteiger partial charge is 0.250 e. The first kappa shape index (κ1) is 12.0. The van der Waals surface area contributed by atoms with E-state index < -0.39 is 0 Å². The molecule has 3 heteroatoms. The second-order valence-corrected chi connectivity index (χ2v) is 3.83. The minimum absolute atomic E-state index is 0.0913. The van der Waals surface area contributed by atoms with Crippen LogP contribution >= 0.6 is 0 Å². The topological polar surface area (TPSA) is 34.0 Å². The van der Waals surface area contributed by atoms with Crippen molar-refractivity contribution in [2.45, 2.75) is 39.3 Å². The van der Waals surface area contributed by atoms with E-state index in [4.69, 9.17) is 0 Å². The molecule has 1 atom stereocenters. The van der Waals surface area contributed by atoms with Crippen LogP contribution in [-0.4, -0.2) is 17.2 Å². The van der Waals surface area contributed by atoms with Gasteiger partial charge in [-0.05, 0) is 32.4 Å². The summed E-state index contributed by atoms with van der Waals surface area (Å²) in [6.07, 6.45) is 3.99. The molecule has 0 fully saturated rings. The van der Waals surface area contributed by atoms with Crippen LogP contribution in [-0.2, 0) is 6.54 Å². The Bertz CT molecular complexity index is 332. The number of hydrogen-bond acceptors (Lipinski definition) is 2. The van der Waals surface area contributed by atoms with Crippen molar-refractivity contribution in [3.8, 4) is 0 Å². The second kappa shape index (κ2) is 6.40. The molecule has 1 aromatic heterocycles. The number of hydrogen-bond donors (Lipinski definition) is 1. The van der Waals surface area contributed by atoms with Crippen LogP contribution in [0.3, 0.4) is 0 Å². The molecule has 0 saturated heterocycles.